The van der Waals surface area contributed by atoms with Crippen molar-refractivity contribution in [1.29, 1.82) is 0 Å². The fourth-order valence-corrected chi connectivity index (χ4v) is 2.17. The van der Waals surface area contributed by atoms with Gasteiger partial charge >= 0.3 is 5.97 Å². The maximum Gasteiger partial charge on any atom is 0.335 e. The lowest BCUT2D eigenvalue weighted by atomic mass is 10.2. The van der Waals surface area contributed by atoms with E-state index in [0.29, 0.717) is 29.9 Å². The summed E-state index contributed by atoms with van der Waals surface area (Å²) < 4.78 is 1.78. The zero-order valence-electron chi connectivity index (χ0n) is 9.51. The first-order valence-corrected chi connectivity index (χ1v) is 5.68. The third-order valence-corrected chi connectivity index (χ3v) is 3.04. The van der Waals surface area contributed by atoms with Crippen LogP contribution < -0.4 is 5.32 Å². The Morgan fingerprint density at radius 3 is 3.06 bits per heavy atom. The summed E-state index contributed by atoms with van der Waals surface area (Å²) in [7, 11) is 0. The first-order chi connectivity index (χ1) is 8.66. The van der Waals surface area contributed by atoms with Gasteiger partial charge in [-0.15, -0.1) is 0 Å². The van der Waals surface area contributed by atoms with Crippen LogP contribution in [0.5, 0.6) is 0 Å². The second-order valence-electron chi connectivity index (χ2n) is 4.21. The topological polar surface area (TPSA) is 84.2 Å². The molecule has 2 aromatic rings. The van der Waals surface area contributed by atoms with Crippen LogP contribution >= 0.6 is 0 Å². The van der Waals surface area contributed by atoms with Crippen molar-refractivity contribution >= 4 is 22.9 Å². The molecule has 2 heterocycles. The summed E-state index contributed by atoms with van der Waals surface area (Å²) in [5, 5.41) is 11.7. The van der Waals surface area contributed by atoms with Gasteiger partial charge in [-0.3, -0.25) is 4.79 Å². The van der Waals surface area contributed by atoms with Crippen LogP contribution in [-0.2, 0) is 6.54 Å². The number of aryl methyl sites for hydroxylation is 1. The normalized spacial score (nSPS) is 15.0. The van der Waals surface area contributed by atoms with E-state index in [9.17, 15) is 9.59 Å². The van der Waals surface area contributed by atoms with Crippen LogP contribution in [0, 0.1) is 0 Å². The maximum absolute atomic E-state index is 11.8. The number of aromatic carboxylic acids is 1. The summed E-state index contributed by atoms with van der Waals surface area (Å²) in [6, 6.07) is 4.69. The number of carbonyl (C=O) groups excluding carboxylic acids is 1. The van der Waals surface area contributed by atoms with Gasteiger partial charge in [-0.05, 0) is 24.6 Å². The third kappa shape index (κ3) is 1.54. The van der Waals surface area contributed by atoms with E-state index in [1.807, 2.05) is 0 Å². The molecule has 6 heteroatoms. The lowest BCUT2D eigenvalue weighted by Gasteiger charge is -2.03. The number of fused-ring (bicyclic) bond motifs is 3. The molecule has 1 aliphatic heterocycles. The summed E-state index contributed by atoms with van der Waals surface area (Å²) in [5.41, 5.74) is 1.55. The highest BCUT2D eigenvalue weighted by atomic mass is 16.4. The van der Waals surface area contributed by atoms with E-state index in [0.717, 1.165) is 6.42 Å². The number of carboxylic acids is 1. The van der Waals surface area contributed by atoms with Crippen LogP contribution in [0.4, 0.5) is 0 Å². The molecule has 3 rings (SSSR count). The van der Waals surface area contributed by atoms with Gasteiger partial charge in [0.1, 0.15) is 0 Å². The van der Waals surface area contributed by atoms with E-state index in [1.165, 1.54) is 6.07 Å². The fourth-order valence-electron chi connectivity index (χ4n) is 2.17. The van der Waals surface area contributed by atoms with Gasteiger partial charge in [0.15, 0.2) is 5.82 Å². The molecule has 0 aliphatic carbocycles. The van der Waals surface area contributed by atoms with Crippen molar-refractivity contribution in [2.24, 2.45) is 0 Å². The quantitative estimate of drug-likeness (QED) is 0.780. The van der Waals surface area contributed by atoms with E-state index in [4.69, 9.17) is 5.11 Å². The minimum absolute atomic E-state index is 0.204. The summed E-state index contributed by atoms with van der Waals surface area (Å²) in [4.78, 5) is 27.0. The van der Waals surface area contributed by atoms with Gasteiger partial charge in [0.2, 0.25) is 0 Å². The fraction of sp³-hybridized carbons (Fsp3) is 0.250. The Morgan fingerprint density at radius 1 is 1.44 bits per heavy atom. The van der Waals surface area contributed by atoms with Crippen LogP contribution in [-0.4, -0.2) is 33.1 Å². The van der Waals surface area contributed by atoms with Gasteiger partial charge in [-0.1, -0.05) is 0 Å². The standard InChI is InChI=1S/C12H11N3O3/c16-11-10-14-8-3-2-7(12(17)18)6-9(8)15(10)5-1-4-13-11/h2-3,6H,1,4-5H2,(H,13,16)(H,17,18). The number of amides is 1. The Kier molecular flexibility index (Phi) is 2.29. The van der Waals surface area contributed by atoms with E-state index < -0.39 is 5.97 Å². The molecule has 0 bridgehead atoms. The Balaban J connectivity index is 2.25. The molecule has 0 spiro atoms. The highest BCUT2D eigenvalue weighted by molar-refractivity contribution is 5.97. The molecule has 1 aliphatic rings. The largest absolute Gasteiger partial charge is 0.478 e. The molecule has 92 valence electrons. The Morgan fingerprint density at radius 2 is 2.28 bits per heavy atom. The molecule has 1 aromatic heterocycles. The number of aromatic nitrogens is 2. The Hall–Kier alpha value is -2.37. The van der Waals surface area contributed by atoms with Crippen molar-refractivity contribution in [1.82, 2.24) is 14.9 Å². The third-order valence-electron chi connectivity index (χ3n) is 3.04. The van der Waals surface area contributed by atoms with Crippen LogP contribution in [0.2, 0.25) is 0 Å². The number of carboxylic acid groups (broad SMARTS) is 1. The minimum atomic E-state index is -0.981. The average Bonchev–Trinajstić information content (AvgIpc) is 2.62. The lowest BCUT2D eigenvalue weighted by Crippen LogP contribution is -2.23. The van der Waals surface area contributed by atoms with Crippen molar-refractivity contribution < 1.29 is 14.7 Å². The summed E-state index contributed by atoms with van der Waals surface area (Å²) >= 11 is 0. The van der Waals surface area contributed by atoms with Crippen LogP contribution in [0.3, 0.4) is 0 Å². The monoisotopic (exact) mass is 245 g/mol. The number of benzene rings is 1. The molecule has 2 N–H and O–H groups in total. The van der Waals surface area contributed by atoms with Crippen LogP contribution in [0.1, 0.15) is 27.4 Å². The predicted octanol–water partition coefficient (Wildman–Crippen LogP) is 0.868. The van der Waals surface area contributed by atoms with E-state index >= 15 is 0 Å². The zero-order chi connectivity index (χ0) is 12.7. The number of carbonyl (C=O) groups is 2. The van der Waals surface area contributed by atoms with Crippen molar-refractivity contribution in [3.8, 4) is 0 Å². The Labute approximate surface area is 102 Å². The van der Waals surface area contributed by atoms with Crippen molar-refractivity contribution in [3.05, 3.63) is 29.6 Å². The smallest absolute Gasteiger partial charge is 0.335 e. The number of hydrogen-bond donors (Lipinski definition) is 2. The molecule has 1 amide bonds. The molecule has 0 fully saturated rings. The SMILES string of the molecule is O=C(O)c1ccc2nc3n(c2c1)CCCNC3=O. The maximum atomic E-state index is 11.8. The molecule has 0 atom stereocenters. The molecule has 6 nitrogen and oxygen atoms in total. The first-order valence-electron chi connectivity index (χ1n) is 5.68. The van der Waals surface area contributed by atoms with Gasteiger partial charge in [0, 0.05) is 13.1 Å². The lowest BCUT2D eigenvalue weighted by molar-refractivity contribution is 0.0696. The van der Waals surface area contributed by atoms with Gasteiger partial charge < -0.3 is 15.0 Å². The number of nitrogens with zero attached hydrogens (tertiary/aromatic N) is 2. The first kappa shape index (κ1) is 10.8. The molecule has 0 radical (unpaired) electrons. The van der Waals surface area contributed by atoms with Crippen molar-refractivity contribution in [3.63, 3.8) is 0 Å². The molecular formula is C12H11N3O3. The molecule has 18 heavy (non-hydrogen) atoms. The molecule has 0 saturated heterocycles. The van der Waals surface area contributed by atoms with Crippen LogP contribution in [0.15, 0.2) is 18.2 Å². The van der Waals surface area contributed by atoms with E-state index in [-0.39, 0.29) is 11.5 Å². The van der Waals surface area contributed by atoms with Gasteiger partial charge in [-0.25, -0.2) is 9.78 Å². The minimum Gasteiger partial charge on any atom is -0.478 e. The summed E-state index contributed by atoms with van der Waals surface area (Å²) in [6.07, 6.45) is 0.807. The highest BCUT2D eigenvalue weighted by Gasteiger charge is 2.20. The zero-order valence-corrected chi connectivity index (χ0v) is 9.51. The van der Waals surface area contributed by atoms with Gasteiger partial charge in [0.05, 0.1) is 16.6 Å². The van der Waals surface area contributed by atoms with E-state index in [2.05, 4.69) is 10.3 Å². The predicted molar refractivity (Wildman–Crippen MR) is 63.6 cm³/mol. The number of hydrogen-bond acceptors (Lipinski definition) is 3. The second-order valence-corrected chi connectivity index (χ2v) is 4.21. The van der Waals surface area contributed by atoms with Crippen molar-refractivity contribution in [2.45, 2.75) is 13.0 Å². The Bertz CT molecular complexity index is 660. The van der Waals surface area contributed by atoms with Gasteiger partial charge in [-0.2, -0.15) is 0 Å². The summed E-state index contributed by atoms with van der Waals surface area (Å²) in [5.74, 6) is -0.837. The average molecular weight is 245 g/mol. The van der Waals surface area contributed by atoms with E-state index in [1.54, 1.807) is 16.7 Å². The molecular weight excluding hydrogens is 234 g/mol. The highest BCUT2D eigenvalue weighted by Crippen LogP contribution is 2.20. The molecule has 1 aromatic carbocycles. The number of nitrogens with one attached hydrogen (secondary N) is 1. The summed E-state index contributed by atoms with van der Waals surface area (Å²) in [6.45, 7) is 1.27. The van der Waals surface area contributed by atoms with Crippen LogP contribution in [0.25, 0.3) is 11.0 Å². The molecule has 0 unspecified atom stereocenters. The van der Waals surface area contributed by atoms with Gasteiger partial charge in [0.25, 0.3) is 5.91 Å². The van der Waals surface area contributed by atoms with Crippen molar-refractivity contribution in [2.75, 3.05) is 6.54 Å². The number of imidazole rings is 1. The second kappa shape index (κ2) is 3.83. The molecule has 0 saturated carbocycles. The number of rotatable bonds is 1.